The number of ketones is 1. The monoisotopic (exact) mass is 419 g/mol. The number of Topliss-reactive ketones (excluding diaryl/α,β-unsaturated/α-hetero) is 1. The predicted molar refractivity (Wildman–Crippen MR) is 113 cm³/mol. The average molecular weight is 419 g/mol. The molecule has 8 nitrogen and oxygen atoms in total. The molecule has 1 fully saturated rings. The molecule has 2 unspecified atom stereocenters. The smallest absolute Gasteiger partial charge is 0.293 e. The summed E-state index contributed by atoms with van der Waals surface area (Å²) in [5, 5.41) is 4.38. The molecule has 8 heteroatoms. The number of nitrogens with zero attached hydrogens (tertiary/aromatic N) is 5. The number of amides is 1. The fourth-order valence-electron chi connectivity index (χ4n) is 4.62. The molecule has 160 valence electrons. The lowest BCUT2D eigenvalue weighted by molar-refractivity contribution is 0.0402. The van der Waals surface area contributed by atoms with Crippen LogP contribution in [0.4, 0.5) is 0 Å². The largest absolute Gasteiger partial charge is 0.489 e. The van der Waals surface area contributed by atoms with Crippen LogP contribution in [0.5, 0.6) is 5.75 Å². The van der Waals surface area contributed by atoms with Gasteiger partial charge in [-0.2, -0.15) is 4.98 Å². The maximum atomic E-state index is 13.1. The van der Waals surface area contributed by atoms with Crippen LogP contribution in [0.25, 0.3) is 5.78 Å². The van der Waals surface area contributed by atoms with Gasteiger partial charge in [-0.3, -0.25) is 9.59 Å². The van der Waals surface area contributed by atoms with E-state index in [0.29, 0.717) is 36.6 Å². The van der Waals surface area contributed by atoms with E-state index < -0.39 is 0 Å². The van der Waals surface area contributed by atoms with Gasteiger partial charge in [0, 0.05) is 36.8 Å². The molecule has 31 heavy (non-hydrogen) atoms. The molecule has 1 amide bonds. The van der Waals surface area contributed by atoms with E-state index >= 15 is 0 Å². The maximum Gasteiger partial charge on any atom is 0.293 e. The van der Waals surface area contributed by atoms with E-state index in [2.05, 4.69) is 15.1 Å². The van der Waals surface area contributed by atoms with Crippen molar-refractivity contribution in [3.63, 3.8) is 0 Å². The minimum atomic E-state index is -0.223. The molecule has 3 aromatic rings. The fraction of sp³-hybridized carbons (Fsp3) is 0.435. The second-order valence-corrected chi connectivity index (χ2v) is 8.62. The van der Waals surface area contributed by atoms with E-state index in [0.717, 1.165) is 29.8 Å². The molecule has 4 heterocycles. The van der Waals surface area contributed by atoms with Gasteiger partial charge in [0.15, 0.2) is 5.78 Å². The molecule has 0 spiro atoms. The third-order valence-corrected chi connectivity index (χ3v) is 6.18. The normalized spacial score (nSPS) is 21.1. The van der Waals surface area contributed by atoms with E-state index in [1.807, 2.05) is 45.0 Å². The third kappa shape index (κ3) is 3.56. The van der Waals surface area contributed by atoms with Crippen LogP contribution in [0, 0.1) is 26.7 Å². The molecule has 5 rings (SSSR count). The number of ether oxygens (including phenoxy) is 1. The van der Waals surface area contributed by atoms with Crippen molar-refractivity contribution in [3.8, 4) is 5.75 Å². The van der Waals surface area contributed by atoms with E-state index in [4.69, 9.17) is 4.74 Å². The van der Waals surface area contributed by atoms with Gasteiger partial charge in [-0.25, -0.2) is 9.50 Å². The first-order valence-electron chi connectivity index (χ1n) is 10.7. The van der Waals surface area contributed by atoms with Crippen molar-refractivity contribution < 1.29 is 14.3 Å². The van der Waals surface area contributed by atoms with Crippen LogP contribution >= 0.6 is 0 Å². The van der Waals surface area contributed by atoms with E-state index in [1.54, 1.807) is 9.42 Å². The summed E-state index contributed by atoms with van der Waals surface area (Å²) >= 11 is 0. The summed E-state index contributed by atoms with van der Waals surface area (Å²) in [6.07, 6.45) is 1.90. The first kappa shape index (κ1) is 19.7. The Hall–Kier alpha value is -3.29. The van der Waals surface area contributed by atoms with Crippen molar-refractivity contribution in [1.29, 1.82) is 0 Å². The summed E-state index contributed by atoms with van der Waals surface area (Å²) in [6, 6.07) is 7.62. The number of benzene rings is 1. The van der Waals surface area contributed by atoms with Gasteiger partial charge in [-0.1, -0.05) is 11.6 Å². The molecule has 1 saturated heterocycles. The Balaban J connectivity index is 1.35. The van der Waals surface area contributed by atoms with Crippen molar-refractivity contribution in [2.24, 2.45) is 5.92 Å². The van der Waals surface area contributed by atoms with Crippen LogP contribution in [0.15, 0.2) is 24.3 Å². The Morgan fingerprint density at radius 1 is 1.16 bits per heavy atom. The number of hydrogen-bond donors (Lipinski definition) is 0. The number of piperidine rings is 1. The molecular formula is C23H25N5O3. The number of carbonyl (C=O) groups is 2. The summed E-state index contributed by atoms with van der Waals surface area (Å²) in [6.45, 7) is 6.95. The highest BCUT2D eigenvalue weighted by Crippen LogP contribution is 2.34. The Kier molecular flexibility index (Phi) is 4.72. The molecule has 0 N–H and O–H groups in total. The van der Waals surface area contributed by atoms with Gasteiger partial charge in [-0.15, -0.1) is 5.10 Å². The van der Waals surface area contributed by atoms with Crippen LogP contribution in [0.1, 0.15) is 57.2 Å². The van der Waals surface area contributed by atoms with E-state index in [-0.39, 0.29) is 29.5 Å². The van der Waals surface area contributed by atoms with E-state index in [9.17, 15) is 9.59 Å². The lowest BCUT2D eigenvalue weighted by Crippen LogP contribution is -2.46. The summed E-state index contributed by atoms with van der Waals surface area (Å²) in [4.78, 5) is 36.4. The van der Waals surface area contributed by atoms with Gasteiger partial charge in [0.1, 0.15) is 11.9 Å². The SMILES string of the molecule is Cc1ccc2c(c1)C(=O)CC(C1CCCN(C(=O)c3nc4nc(C)cc(C)n4n3)C1)O2. The molecule has 2 aromatic heterocycles. The zero-order chi connectivity index (χ0) is 21.7. The number of fused-ring (bicyclic) bond motifs is 2. The van der Waals surface area contributed by atoms with Crippen molar-refractivity contribution in [1.82, 2.24) is 24.5 Å². The van der Waals surface area contributed by atoms with Crippen LogP contribution in [0.2, 0.25) is 0 Å². The van der Waals surface area contributed by atoms with Crippen LogP contribution in [0.3, 0.4) is 0 Å². The number of hydrogen-bond acceptors (Lipinski definition) is 6. The number of likely N-dealkylation sites (tertiary alicyclic amines) is 1. The lowest BCUT2D eigenvalue weighted by Gasteiger charge is -2.38. The number of carbonyl (C=O) groups excluding carboxylic acids is 2. The number of aromatic nitrogens is 4. The summed E-state index contributed by atoms with van der Waals surface area (Å²) < 4.78 is 7.80. The van der Waals surface area contributed by atoms with Crippen molar-refractivity contribution in [2.45, 2.75) is 46.1 Å². The second kappa shape index (κ2) is 7.44. The minimum Gasteiger partial charge on any atom is -0.489 e. The van der Waals surface area contributed by atoms with Crippen LogP contribution < -0.4 is 4.74 Å². The topological polar surface area (TPSA) is 89.7 Å². The number of aryl methyl sites for hydroxylation is 3. The third-order valence-electron chi connectivity index (χ3n) is 6.18. The molecule has 1 aromatic carbocycles. The van der Waals surface area contributed by atoms with Gasteiger partial charge >= 0.3 is 0 Å². The van der Waals surface area contributed by atoms with E-state index in [1.165, 1.54) is 0 Å². The summed E-state index contributed by atoms with van der Waals surface area (Å²) in [5.41, 5.74) is 3.42. The van der Waals surface area contributed by atoms with Crippen molar-refractivity contribution in [3.05, 3.63) is 52.6 Å². The quantitative estimate of drug-likeness (QED) is 0.634. The first-order valence-corrected chi connectivity index (χ1v) is 10.7. The highest BCUT2D eigenvalue weighted by molar-refractivity contribution is 6.00. The predicted octanol–water partition coefficient (Wildman–Crippen LogP) is 2.94. The zero-order valence-corrected chi connectivity index (χ0v) is 18.0. The number of rotatable bonds is 2. The Morgan fingerprint density at radius 3 is 2.84 bits per heavy atom. The van der Waals surface area contributed by atoms with Gasteiger partial charge < -0.3 is 9.64 Å². The van der Waals surface area contributed by atoms with Gasteiger partial charge in [-0.05, 0) is 51.8 Å². The highest BCUT2D eigenvalue weighted by atomic mass is 16.5. The Labute approximate surface area is 180 Å². The molecule has 0 bridgehead atoms. The average Bonchev–Trinajstić information content (AvgIpc) is 3.18. The molecule has 2 atom stereocenters. The van der Waals surface area contributed by atoms with Gasteiger partial charge in [0.2, 0.25) is 5.82 Å². The molecule has 2 aliphatic heterocycles. The highest BCUT2D eigenvalue weighted by Gasteiger charge is 2.36. The molecule has 2 aliphatic rings. The maximum absolute atomic E-state index is 13.1. The standard InChI is InChI=1S/C23H25N5O3/c1-13-6-7-19-17(9-13)18(29)11-20(31-19)16-5-4-8-27(12-16)22(30)21-25-23-24-14(2)10-15(3)28(23)26-21/h6-7,9-10,16,20H,4-5,8,11-12H2,1-3H3. The molecular weight excluding hydrogens is 394 g/mol. The lowest BCUT2D eigenvalue weighted by atomic mass is 9.86. The molecule has 0 radical (unpaired) electrons. The second-order valence-electron chi connectivity index (χ2n) is 8.62. The first-order chi connectivity index (χ1) is 14.9. The van der Waals surface area contributed by atoms with Gasteiger partial charge in [0.05, 0.1) is 5.56 Å². The van der Waals surface area contributed by atoms with Crippen LogP contribution in [-0.2, 0) is 0 Å². The summed E-state index contributed by atoms with van der Waals surface area (Å²) in [7, 11) is 0. The minimum absolute atomic E-state index is 0.0928. The molecule has 0 aliphatic carbocycles. The van der Waals surface area contributed by atoms with Crippen molar-refractivity contribution >= 4 is 17.5 Å². The molecule has 0 saturated carbocycles. The Morgan fingerprint density at radius 2 is 2.00 bits per heavy atom. The Bertz CT molecular complexity index is 1200. The zero-order valence-electron chi connectivity index (χ0n) is 18.0. The van der Waals surface area contributed by atoms with Crippen molar-refractivity contribution in [2.75, 3.05) is 13.1 Å². The fourth-order valence-corrected chi connectivity index (χ4v) is 4.62. The van der Waals surface area contributed by atoms with Gasteiger partial charge in [0.25, 0.3) is 11.7 Å². The summed E-state index contributed by atoms with van der Waals surface area (Å²) in [5.74, 6) is 1.23. The van der Waals surface area contributed by atoms with Crippen LogP contribution in [-0.4, -0.2) is 55.4 Å².